The van der Waals surface area contributed by atoms with E-state index in [2.05, 4.69) is 0 Å². The van der Waals surface area contributed by atoms with Gasteiger partial charge in [0.25, 0.3) is 0 Å². The van der Waals surface area contributed by atoms with Gasteiger partial charge in [0.2, 0.25) is 0 Å². The Labute approximate surface area is 71.2 Å². The molecule has 0 amide bonds. The molecule has 0 heterocycles. The van der Waals surface area contributed by atoms with E-state index in [4.69, 9.17) is 4.74 Å². The highest BCUT2D eigenvalue weighted by Gasteiger charge is 2.27. The van der Waals surface area contributed by atoms with Crippen LogP contribution in [0.15, 0.2) is 18.2 Å². The molecule has 1 aliphatic rings. The molecule has 1 fully saturated rings. The van der Waals surface area contributed by atoms with Crippen molar-refractivity contribution in [1.29, 1.82) is 0 Å². The van der Waals surface area contributed by atoms with Crippen LogP contribution in [0.25, 0.3) is 0 Å². The highest BCUT2D eigenvalue weighted by atomic mass is 19.1. The average Bonchev–Trinajstić information content (AvgIpc) is 2.88. The lowest BCUT2D eigenvalue weighted by molar-refractivity contribution is 0.384. The van der Waals surface area contributed by atoms with Gasteiger partial charge in [-0.3, -0.25) is 0 Å². The second-order valence-corrected chi connectivity index (χ2v) is 3.14. The molecule has 1 aliphatic carbocycles. The lowest BCUT2D eigenvalue weighted by Gasteiger charge is -2.05. The second kappa shape index (κ2) is 2.77. The van der Waals surface area contributed by atoms with Gasteiger partial charge in [-0.25, -0.2) is 4.39 Å². The molecule has 12 heavy (non-hydrogen) atoms. The van der Waals surface area contributed by atoms with Gasteiger partial charge in [0.1, 0.15) is 0 Å². The highest BCUT2D eigenvalue weighted by molar-refractivity contribution is 5.35. The van der Waals surface area contributed by atoms with E-state index in [1.807, 2.05) is 12.1 Å². The quantitative estimate of drug-likeness (QED) is 0.656. The number of halogens is 1. The van der Waals surface area contributed by atoms with Gasteiger partial charge >= 0.3 is 0 Å². The molecule has 1 aromatic carbocycles. The molecule has 0 saturated heterocycles. The molecule has 0 bridgehead atoms. The number of hydrogen-bond donors (Lipinski definition) is 0. The minimum atomic E-state index is -0.178. The summed E-state index contributed by atoms with van der Waals surface area (Å²) in [5.41, 5.74) is 0.814. The number of ether oxygens (including phenoxy) is 1. The summed E-state index contributed by atoms with van der Waals surface area (Å²) in [4.78, 5) is 0. The van der Waals surface area contributed by atoms with Crippen molar-refractivity contribution in [3.63, 3.8) is 0 Å². The molecule has 0 aliphatic heterocycles. The van der Waals surface area contributed by atoms with Gasteiger partial charge in [-0.2, -0.15) is 0 Å². The summed E-state index contributed by atoms with van der Waals surface area (Å²) < 4.78 is 18.3. The maximum Gasteiger partial charge on any atom is 0.168 e. The third-order valence-electron chi connectivity index (χ3n) is 2.23. The zero-order chi connectivity index (χ0) is 8.55. The van der Waals surface area contributed by atoms with Crippen LogP contribution < -0.4 is 4.74 Å². The topological polar surface area (TPSA) is 9.23 Å². The van der Waals surface area contributed by atoms with E-state index in [9.17, 15) is 4.39 Å². The van der Waals surface area contributed by atoms with E-state index in [1.165, 1.54) is 7.11 Å². The number of rotatable bonds is 2. The van der Waals surface area contributed by atoms with Gasteiger partial charge in [-0.1, -0.05) is 12.1 Å². The van der Waals surface area contributed by atoms with Gasteiger partial charge in [0.05, 0.1) is 7.11 Å². The summed E-state index contributed by atoms with van der Waals surface area (Å²) in [7, 11) is 1.50. The fraction of sp³-hybridized carbons (Fsp3) is 0.400. The van der Waals surface area contributed by atoms with E-state index in [-0.39, 0.29) is 5.82 Å². The van der Waals surface area contributed by atoms with Crippen molar-refractivity contribution >= 4 is 0 Å². The second-order valence-electron chi connectivity index (χ2n) is 3.14. The van der Waals surface area contributed by atoms with E-state index in [0.717, 1.165) is 18.4 Å². The molecular weight excluding hydrogens is 155 g/mol. The number of benzene rings is 1. The van der Waals surface area contributed by atoms with Crippen LogP contribution in [0.2, 0.25) is 0 Å². The predicted octanol–water partition coefficient (Wildman–Crippen LogP) is 2.71. The Morgan fingerprint density at radius 3 is 2.75 bits per heavy atom. The van der Waals surface area contributed by atoms with Crippen molar-refractivity contribution < 1.29 is 9.13 Å². The molecule has 0 unspecified atom stereocenters. The minimum absolute atomic E-state index is 0.178. The Morgan fingerprint density at radius 1 is 1.42 bits per heavy atom. The molecule has 2 rings (SSSR count). The molecule has 0 N–H and O–H groups in total. The molecule has 1 aromatic rings. The summed E-state index contributed by atoms with van der Waals surface area (Å²) >= 11 is 0. The number of hydrogen-bond acceptors (Lipinski definition) is 1. The predicted molar refractivity (Wildman–Crippen MR) is 44.9 cm³/mol. The molecule has 64 valence electrons. The summed E-state index contributed by atoms with van der Waals surface area (Å²) in [5.74, 6) is 0.627. The van der Waals surface area contributed by atoms with Crippen molar-refractivity contribution in [3.8, 4) is 5.75 Å². The average molecular weight is 166 g/mol. The smallest absolute Gasteiger partial charge is 0.168 e. The first-order chi connectivity index (χ1) is 5.83. The van der Waals surface area contributed by atoms with Crippen molar-refractivity contribution in [2.45, 2.75) is 18.8 Å². The highest BCUT2D eigenvalue weighted by Crippen LogP contribution is 2.42. The van der Waals surface area contributed by atoms with Crippen LogP contribution in [0.5, 0.6) is 5.75 Å². The van der Waals surface area contributed by atoms with Crippen molar-refractivity contribution in [2.75, 3.05) is 7.11 Å². The SMILES string of the molecule is COc1cccc(C2CC2)c1F. The maximum absolute atomic E-state index is 13.4. The molecule has 1 nitrogen and oxygen atoms in total. The monoisotopic (exact) mass is 166 g/mol. The fourth-order valence-corrected chi connectivity index (χ4v) is 1.40. The van der Waals surface area contributed by atoms with Gasteiger partial charge in [0, 0.05) is 0 Å². The Bertz CT molecular complexity index is 292. The van der Waals surface area contributed by atoms with Crippen LogP contribution in [0.4, 0.5) is 4.39 Å². The first kappa shape index (κ1) is 7.59. The Hall–Kier alpha value is -1.05. The molecule has 0 radical (unpaired) electrons. The van der Waals surface area contributed by atoms with Crippen molar-refractivity contribution in [3.05, 3.63) is 29.6 Å². The maximum atomic E-state index is 13.4. The first-order valence-electron chi connectivity index (χ1n) is 4.15. The first-order valence-corrected chi connectivity index (χ1v) is 4.15. The van der Waals surface area contributed by atoms with E-state index in [0.29, 0.717) is 11.7 Å². The largest absolute Gasteiger partial charge is 0.494 e. The van der Waals surface area contributed by atoms with Crippen molar-refractivity contribution in [1.82, 2.24) is 0 Å². The van der Waals surface area contributed by atoms with E-state index >= 15 is 0 Å². The van der Waals surface area contributed by atoms with Gasteiger partial charge in [0.15, 0.2) is 11.6 Å². The Balaban J connectivity index is 2.40. The third-order valence-corrected chi connectivity index (χ3v) is 2.23. The summed E-state index contributed by atoms with van der Waals surface area (Å²) in [6.45, 7) is 0. The van der Waals surface area contributed by atoms with Gasteiger partial charge in [-0.05, 0) is 30.4 Å². The van der Waals surface area contributed by atoms with Crippen LogP contribution >= 0.6 is 0 Å². The van der Waals surface area contributed by atoms with Gasteiger partial charge < -0.3 is 4.74 Å². The lowest BCUT2D eigenvalue weighted by Crippen LogP contribution is -1.92. The molecule has 0 spiro atoms. The van der Waals surface area contributed by atoms with Crippen LogP contribution in [0.1, 0.15) is 24.3 Å². The van der Waals surface area contributed by atoms with Crippen LogP contribution in [0, 0.1) is 5.82 Å². The lowest BCUT2D eigenvalue weighted by atomic mass is 10.1. The summed E-state index contributed by atoms with van der Waals surface area (Å²) in [6, 6.07) is 5.34. The molecule has 0 atom stereocenters. The van der Waals surface area contributed by atoms with Crippen LogP contribution in [-0.2, 0) is 0 Å². The summed E-state index contributed by atoms with van der Waals surface area (Å²) in [6.07, 6.45) is 2.23. The molecule has 0 aromatic heterocycles. The minimum Gasteiger partial charge on any atom is -0.494 e. The van der Waals surface area contributed by atoms with Crippen LogP contribution in [-0.4, -0.2) is 7.11 Å². The Morgan fingerprint density at radius 2 is 2.17 bits per heavy atom. The molecule has 1 saturated carbocycles. The zero-order valence-corrected chi connectivity index (χ0v) is 7.01. The molecular formula is C10H11FO. The third kappa shape index (κ3) is 1.17. The fourth-order valence-electron chi connectivity index (χ4n) is 1.40. The summed E-state index contributed by atoms with van der Waals surface area (Å²) in [5, 5.41) is 0. The van der Waals surface area contributed by atoms with Crippen LogP contribution in [0.3, 0.4) is 0 Å². The van der Waals surface area contributed by atoms with E-state index < -0.39 is 0 Å². The number of methoxy groups -OCH3 is 1. The Kier molecular flexibility index (Phi) is 1.75. The normalized spacial score (nSPS) is 16.2. The van der Waals surface area contributed by atoms with Gasteiger partial charge in [-0.15, -0.1) is 0 Å². The molecule has 2 heteroatoms. The van der Waals surface area contributed by atoms with Crippen molar-refractivity contribution in [2.24, 2.45) is 0 Å². The van der Waals surface area contributed by atoms with E-state index in [1.54, 1.807) is 6.07 Å². The standard InChI is InChI=1S/C10H11FO/c1-12-9-4-2-3-8(10(9)11)7-5-6-7/h2-4,7H,5-6H2,1H3. The zero-order valence-electron chi connectivity index (χ0n) is 7.01.